The lowest BCUT2D eigenvalue weighted by molar-refractivity contribution is -0.461. The molecule has 2 atom stereocenters. The molecule has 2 aliphatic rings. The first kappa shape index (κ1) is 78.0. The van der Waals surface area contributed by atoms with Crippen LogP contribution >= 0.6 is 0 Å². The summed E-state index contributed by atoms with van der Waals surface area (Å²) in [6.07, 6.45) is -25.2. The van der Waals surface area contributed by atoms with Crippen LogP contribution < -0.4 is 9.47 Å². The van der Waals surface area contributed by atoms with Gasteiger partial charge in [0.25, 0.3) is 0 Å². The van der Waals surface area contributed by atoms with E-state index in [9.17, 15) is 149 Å². The van der Waals surface area contributed by atoms with Crippen LogP contribution in [0.2, 0.25) is 0 Å². The Morgan fingerprint density at radius 2 is 0.571 bits per heavy atom. The Kier molecular flexibility index (Phi) is 20.7. The number of halogens is 34. The summed E-state index contributed by atoms with van der Waals surface area (Å²) in [5.74, 6) is -116. The molecule has 0 spiro atoms. The summed E-state index contributed by atoms with van der Waals surface area (Å²) in [7, 11) is 0. The van der Waals surface area contributed by atoms with Gasteiger partial charge in [-0.15, -0.1) is 0 Å². The first-order valence-electron chi connectivity index (χ1n) is 25.5. The van der Waals surface area contributed by atoms with Crippen molar-refractivity contribution >= 4 is 11.8 Å². The third-order valence-corrected chi connectivity index (χ3v) is 14.4. The molecule has 0 unspecified atom stereocenters. The van der Waals surface area contributed by atoms with Crippen molar-refractivity contribution in [1.82, 2.24) is 0 Å². The fourth-order valence-electron chi connectivity index (χ4n) is 8.39. The molecule has 2 aromatic rings. The number of hydrogen-bond acceptors (Lipinski definition) is 6. The van der Waals surface area contributed by atoms with Crippen LogP contribution in [0.5, 0.6) is 11.5 Å². The molecule has 0 saturated heterocycles. The van der Waals surface area contributed by atoms with E-state index in [1.807, 2.05) is 0 Å². The molecule has 6 nitrogen and oxygen atoms in total. The van der Waals surface area contributed by atoms with E-state index in [1.54, 1.807) is 41.5 Å². The first-order chi connectivity index (χ1) is 40.2. The monoisotopic (exact) mass is 1400 g/mol. The molecule has 524 valence electrons. The van der Waals surface area contributed by atoms with Crippen LogP contribution in [-0.2, 0) is 22.3 Å². The fourth-order valence-corrected chi connectivity index (χ4v) is 8.39. The zero-order valence-electron chi connectivity index (χ0n) is 46.7. The van der Waals surface area contributed by atoms with E-state index in [2.05, 4.69) is 0 Å². The smallest absolute Gasteiger partial charge is 0.460 e. The maximum Gasteiger partial charge on any atom is 0.460 e. The summed E-state index contributed by atoms with van der Waals surface area (Å²) in [4.78, 5) is 9.60. The SMILES string of the molecule is CC(C)(C)[C@H]1COC(C(Cc2ccc(OCCCC(F)(F)C(F)(F)C(F)(F)C(F)(F)C(F)(F)C(F)(F)C(F)(F)C(F)(F)F)cc2)(Cc2ccc(OCCCC(F)(F)C(F)(F)C(F)(F)C(F)(F)C(F)(F)C(F)(F)C(F)(F)C(F)(F)F)cc2)C2=N[C@@H](C(C)(C)C)CO2)=N1. The Balaban J connectivity index is 1.60. The summed E-state index contributed by atoms with van der Waals surface area (Å²) >= 11 is 0. The van der Waals surface area contributed by atoms with Crippen LogP contribution in [0, 0.1) is 16.2 Å². The Bertz CT molecular complexity index is 2690. The molecular formula is C51H48F34N2O4. The first-order valence-corrected chi connectivity index (χ1v) is 25.5. The largest absolute Gasteiger partial charge is 0.494 e. The zero-order chi connectivity index (χ0) is 71.1. The molecule has 2 aromatic carbocycles. The van der Waals surface area contributed by atoms with Crippen LogP contribution in [0.25, 0.3) is 0 Å². The van der Waals surface area contributed by atoms with Gasteiger partial charge in [-0.1, -0.05) is 65.8 Å². The van der Waals surface area contributed by atoms with Crippen LogP contribution in [0.1, 0.15) is 78.4 Å². The lowest BCUT2D eigenvalue weighted by atomic mass is 9.75. The van der Waals surface area contributed by atoms with Gasteiger partial charge in [-0.2, -0.15) is 149 Å². The van der Waals surface area contributed by atoms with Gasteiger partial charge in [0.2, 0.25) is 0 Å². The predicted octanol–water partition coefficient (Wildman–Crippen LogP) is 18.5. The molecule has 91 heavy (non-hydrogen) atoms. The number of alkyl halides is 34. The fraction of sp³-hybridized carbons (Fsp3) is 0.725. The van der Waals surface area contributed by atoms with E-state index < -0.39 is 174 Å². The van der Waals surface area contributed by atoms with Gasteiger partial charge < -0.3 is 18.9 Å². The molecule has 0 amide bonds. The van der Waals surface area contributed by atoms with Crippen LogP contribution in [0.3, 0.4) is 0 Å². The second-order valence-corrected chi connectivity index (χ2v) is 23.2. The Hall–Kier alpha value is -5.40. The zero-order valence-corrected chi connectivity index (χ0v) is 46.7. The van der Waals surface area contributed by atoms with E-state index >= 15 is 0 Å². The van der Waals surface area contributed by atoms with Crippen molar-refractivity contribution in [3.05, 3.63) is 59.7 Å². The number of benzene rings is 2. The minimum absolute atomic E-state index is 0.0584. The number of nitrogens with zero attached hydrogens (tertiary/aromatic N) is 2. The summed E-state index contributed by atoms with van der Waals surface area (Å²) < 4.78 is 490. The van der Waals surface area contributed by atoms with Crippen molar-refractivity contribution in [3.63, 3.8) is 0 Å². The second kappa shape index (κ2) is 24.1. The maximum absolute atomic E-state index is 14.6. The van der Waals surface area contributed by atoms with Crippen molar-refractivity contribution in [2.45, 2.75) is 187 Å². The highest BCUT2D eigenvalue weighted by atomic mass is 19.4. The Morgan fingerprint density at radius 3 is 0.791 bits per heavy atom. The standard InChI is InChI=1S/C51H48F34N2O4/c1-33(2,3)29-23-90-31(86-29)35(32-87-30(24-91-32)34(4,5)6,21-25-9-13-27(14-10-25)88-19-7-17-36(52,53)38(56,57)40(60,61)42(64,65)44(68,69)46(72,73)48(76,77)50(80,81)82)22-26-11-15-28(16-12-26)89-20-8-18-37(54,55)39(58,59)41(62,63)43(66,67)45(70,71)47(74,75)49(78,79)51(83,84)85/h9-16,29-30H,7-8,17-24H2,1-6H3/t29-,30-/m1/s1. The number of aliphatic imine (C=N–C) groups is 2. The molecule has 0 aromatic heterocycles. The maximum atomic E-state index is 14.6. The molecule has 0 bridgehead atoms. The molecule has 2 aliphatic heterocycles. The Labute approximate surface area is 491 Å². The number of rotatable bonds is 28. The molecule has 0 saturated carbocycles. The van der Waals surface area contributed by atoms with Crippen molar-refractivity contribution < 1.29 is 168 Å². The van der Waals surface area contributed by atoms with Gasteiger partial charge in [0.15, 0.2) is 11.8 Å². The van der Waals surface area contributed by atoms with Gasteiger partial charge in [0, 0.05) is 12.8 Å². The topological polar surface area (TPSA) is 61.6 Å². The van der Waals surface area contributed by atoms with Crippen molar-refractivity contribution in [1.29, 1.82) is 0 Å². The highest BCUT2D eigenvalue weighted by molar-refractivity contribution is 6.07. The second-order valence-electron chi connectivity index (χ2n) is 23.2. The number of ether oxygens (including phenoxy) is 4. The van der Waals surface area contributed by atoms with E-state index in [0.29, 0.717) is 0 Å². The van der Waals surface area contributed by atoms with Gasteiger partial charge in [-0.3, -0.25) is 0 Å². The van der Waals surface area contributed by atoms with Crippen LogP contribution in [0.4, 0.5) is 149 Å². The van der Waals surface area contributed by atoms with E-state index in [4.69, 9.17) is 28.9 Å². The summed E-state index contributed by atoms with van der Waals surface area (Å²) in [5, 5.41) is 0. The van der Waals surface area contributed by atoms with E-state index in [0.717, 1.165) is 24.3 Å². The normalized spacial score (nSPS) is 18.5. The van der Waals surface area contributed by atoms with Gasteiger partial charge >= 0.3 is 95.3 Å². The van der Waals surface area contributed by atoms with Gasteiger partial charge in [0.1, 0.15) is 30.1 Å². The van der Waals surface area contributed by atoms with Crippen molar-refractivity contribution in [2.75, 3.05) is 26.4 Å². The van der Waals surface area contributed by atoms with E-state index in [-0.39, 0.29) is 49.0 Å². The average molecular weight is 1400 g/mol. The lowest BCUT2D eigenvalue weighted by Crippen LogP contribution is -2.74. The molecule has 0 aliphatic carbocycles. The van der Waals surface area contributed by atoms with E-state index in [1.165, 1.54) is 24.3 Å². The molecule has 0 N–H and O–H groups in total. The lowest BCUT2D eigenvalue weighted by Gasteiger charge is -2.42. The van der Waals surface area contributed by atoms with Gasteiger partial charge in [-0.05, 0) is 71.9 Å². The van der Waals surface area contributed by atoms with Crippen LogP contribution in [-0.4, -0.2) is 146 Å². The molecule has 40 heteroatoms. The van der Waals surface area contributed by atoms with Gasteiger partial charge in [0.05, 0.1) is 25.3 Å². The molecule has 0 fully saturated rings. The highest BCUT2D eigenvalue weighted by Crippen LogP contribution is 2.66. The quantitative estimate of drug-likeness (QED) is 0.0629. The number of hydrogen-bond donors (Lipinski definition) is 0. The minimum Gasteiger partial charge on any atom is -0.494 e. The highest BCUT2D eigenvalue weighted by Gasteiger charge is 2.97. The molecule has 0 radical (unpaired) electrons. The third-order valence-electron chi connectivity index (χ3n) is 14.4. The van der Waals surface area contributed by atoms with Gasteiger partial charge in [-0.25, -0.2) is 9.98 Å². The minimum atomic E-state index is -8.81. The van der Waals surface area contributed by atoms with Crippen LogP contribution in [0.15, 0.2) is 58.5 Å². The molecular weight excluding hydrogens is 1350 g/mol. The van der Waals surface area contributed by atoms with Crippen molar-refractivity contribution in [2.24, 2.45) is 26.2 Å². The molecule has 2 heterocycles. The Morgan fingerprint density at radius 1 is 0.341 bits per heavy atom. The summed E-state index contributed by atoms with van der Waals surface area (Å²) in [6, 6.07) is 7.78. The summed E-state index contributed by atoms with van der Waals surface area (Å²) in [6.45, 7) is 7.83. The third kappa shape index (κ3) is 13.3. The molecule has 4 rings (SSSR count). The average Bonchev–Trinajstić information content (AvgIpc) is 1.19. The van der Waals surface area contributed by atoms with Crippen molar-refractivity contribution in [3.8, 4) is 11.5 Å². The predicted molar refractivity (Wildman–Crippen MR) is 247 cm³/mol. The summed E-state index contributed by atoms with van der Waals surface area (Å²) in [5.41, 5.74) is -2.50.